The highest BCUT2D eigenvalue weighted by Crippen LogP contribution is 2.14. The SMILES string of the molecule is CC(C)(COc1cccc(F)c1)NC(=O)CCl. The molecule has 0 aliphatic carbocycles. The zero-order valence-corrected chi connectivity index (χ0v) is 10.6. The minimum absolute atomic E-state index is 0.0939. The Labute approximate surface area is 105 Å². The van der Waals surface area contributed by atoms with Gasteiger partial charge in [0.05, 0.1) is 5.54 Å². The molecule has 0 aromatic heterocycles. The second-order valence-corrected chi connectivity index (χ2v) is 4.58. The van der Waals surface area contributed by atoms with Crippen molar-refractivity contribution in [3.05, 3.63) is 30.1 Å². The van der Waals surface area contributed by atoms with Gasteiger partial charge in [0.2, 0.25) is 5.91 Å². The fourth-order valence-electron chi connectivity index (χ4n) is 1.27. The van der Waals surface area contributed by atoms with Crippen molar-refractivity contribution >= 4 is 17.5 Å². The van der Waals surface area contributed by atoms with Gasteiger partial charge in [0, 0.05) is 6.07 Å². The predicted octanol–water partition coefficient (Wildman–Crippen LogP) is 2.34. The number of alkyl halides is 1. The summed E-state index contributed by atoms with van der Waals surface area (Å²) in [5.74, 6) is -0.286. The Balaban J connectivity index is 2.52. The van der Waals surface area contributed by atoms with Crippen molar-refractivity contribution in [2.24, 2.45) is 0 Å². The summed E-state index contributed by atoms with van der Waals surface area (Å²) in [6.07, 6.45) is 0. The van der Waals surface area contributed by atoms with Gasteiger partial charge in [0.1, 0.15) is 24.1 Å². The van der Waals surface area contributed by atoms with Crippen LogP contribution < -0.4 is 10.1 Å². The molecule has 0 bridgehead atoms. The molecule has 94 valence electrons. The van der Waals surface area contributed by atoms with E-state index in [0.717, 1.165) is 0 Å². The number of hydrogen-bond acceptors (Lipinski definition) is 2. The number of carbonyl (C=O) groups is 1. The van der Waals surface area contributed by atoms with Crippen molar-refractivity contribution in [3.8, 4) is 5.75 Å². The normalized spacial score (nSPS) is 11.1. The van der Waals surface area contributed by atoms with Crippen LogP contribution in [0, 0.1) is 5.82 Å². The van der Waals surface area contributed by atoms with Gasteiger partial charge in [-0.1, -0.05) is 6.07 Å². The topological polar surface area (TPSA) is 38.3 Å². The number of benzene rings is 1. The molecule has 3 nitrogen and oxygen atoms in total. The molecule has 17 heavy (non-hydrogen) atoms. The molecule has 0 aliphatic rings. The van der Waals surface area contributed by atoms with E-state index >= 15 is 0 Å². The van der Waals surface area contributed by atoms with Crippen molar-refractivity contribution in [1.82, 2.24) is 5.32 Å². The quantitative estimate of drug-likeness (QED) is 0.825. The van der Waals surface area contributed by atoms with Gasteiger partial charge in [-0.15, -0.1) is 11.6 Å². The van der Waals surface area contributed by atoms with E-state index in [-0.39, 0.29) is 24.2 Å². The summed E-state index contributed by atoms with van der Waals surface area (Å²) >= 11 is 5.39. The first-order chi connectivity index (χ1) is 7.93. The lowest BCUT2D eigenvalue weighted by Gasteiger charge is -2.25. The number of ether oxygens (including phenoxy) is 1. The van der Waals surface area contributed by atoms with E-state index in [1.54, 1.807) is 26.0 Å². The van der Waals surface area contributed by atoms with Crippen molar-refractivity contribution in [1.29, 1.82) is 0 Å². The van der Waals surface area contributed by atoms with Crippen molar-refractivity contribution in [2.75, 3.05) is 12.5 Å². The van der Waals surface area contributed by atoms with E-state index < -0.39 is 5.54 Å². The number of carbonyl (C=O) groups excluding carboxylic acids is 1. The number of nitrogens with one attached hydrogen (secondary N) is 1. The third-order valence-corrected chi connectivity index (χ3v) is 2.24. The van der Waals surface area contributed by atoms with Gasteiger partial charge in [-0.3, -0.25) is 4.79 Å². The van der Waals surface area contributed by atoms with Crippen molar-refractivity contribution in [2.45, 2.75) is 19.4 Å². The molecule has 1 aromatic carbocycles. The first-order valence-corrected chi connectivity index (χ1v) is 5.72. The van der Waals surface area contributed by atoms with E-state index in [9.17, 15) is 9.18 Å². The maximum Gasteiger partial charge on any atom is 0.235 e. The summed E-state index contributed by atoms with van der Waals surface area (Å²) in [4.78, 5) is 11.1. The van der Waals surface area contributed by atoms with E-state index in [4.69, 9.17) is 16.3 Å². The van der Waals surface area contributed by atoms with Crippen LogP contribution in [0.1, 0.15) is 13.8 Å². The standard InChI is InChI=1S/C12H15ClFNO2/c1-12(2,15-11(16)7-13)8-17-10-5-3-4-9(14)6-10/h3-6H,7-8H2,1-2H3,(H,15,16). The highest BCUT2D eigenvalue weighted by atomic mass is 35.5. The summed E-state index contributed by atoms with van der Waals surface area (Å²) in [6.45, 7) is 3.84. The number of amides is 1. The van der Waals surface area contributed by atoms with Crippen molar-refractivity contribution in [3.63, 3.8) is 0 Å². The third-order valence-electron chi connectivity index (χ3n) is 1.99. The smallest absolute Gasteiger partial charge is 0.235 e. The Morgan fingerprint density at radius 3 is 2.82 bits per heavy atom. The van der Waals surface area contributed by atoms with E-state index in [0.29, 0.717) is 5.75 Å². The average molecular weight is 260 g/mol. The van der Waals surface area contributed by atoms with E-state index in [2.05, 4.69) is 5.32 Å². The predicted molar refractivity (Wildman–Crippen MR) is 64.8 cm³/mol. The summed E-state index contributed by atoms with van der Waals surface area (Å²) < 4.78 is 18.3. The second kappa shape index (κ2) is 5.87. The molecule has 0 saturated carbocycles. The molecule has 0 saturated heterocycles. The zero-order chi connectivity index (χ0) is 12.9. The Hall–Kier alpha value is -1.29. The Morgan fingerprint density at radius 2 is 2.24 bits per heavy atom. The van der Waals surface area contributed by atoms with Gasteiger partial charge in [-0.25, -0.2) is 4.39 Å². The van der Waals surface area contributed by atoms with Crippen LogP contribution in [0.5, 0.6) is 5.75 Å². The summed E-state index contributed by atoms with van der Waals surface area (Å²) in [7, 11) is 0. The third kappa shape index (κ3) is 5.04. The minimum atomic E-state index is -0.557. The van der Waals surface area contributed by atoms with Gasteiger partial charge < -0.3 is 10.1 Å². The van der Waals surface area contributed by atoms with E-state index in [1.807, 2.05) is 0 Å². The number of rotatable bonds is 5. The molecule has 0 atom stereocenters. The van der Waals surface area contributed by atoms with Crippen molar-refractivity contribution < 1.29 is 13.9 Å². The van der Waals surface area contributed by atoms with Crippen LogP contribution in [0.15, 0.2) is 24.3 Å². The Kier molecular flexibility index (Phi) is 4.75. The fraction of sp³-hybridized carbons (Fsp3) is 0.417. The number of halogens is 2. The average Bonchev–Trinajstić information content (AvgIpc) is 2.26. The lowest BCUT2D eigenvalue weighted by atomic mass is 10.1. The molecule has 5 heteroatoms. The summed E-state index contributed by atoms with van der Waals surface area (Å²) in [6, 6.07) is 5.85. The molecule has 0 fully saturated rings. The summed E-state index contributed by atoms with van der Waals surface area (Å²) in [5.41, 5.74) is -0.557. The molecule has 1 N–H and O–H groups in total. The fourth-order valence-corrected chi connectivity index (χ4v) is 1.33. The van der Waals surface area contributed by atoms with Crippen LogP contribution in [0.2, 0.25) is 0 Å². The second-order valence-electron chi connectivity index (χ2n) is 4.31. The van der Waals surface area contributed by atoms with Crippen LogP contribution in [0.4, 0.5) is 4.39 Å². The molecule has 0 aliphatic heterocycles. The van der Waals surface area contributed by atoms with Crippen LogP contribution >= 0.6 is 11.6 Å². The maximum atomic E-state index is 12.9. The molecular formula is C12H15ClFNO2. The largest absolute Gasteiger partial charge is 0.491 e. The zero-order valence-electron chi connectivity index (χ0n) is 9.80. The molecule has 1 aromatic rings. The monoisotopic (exact) mass is 259 g/mol. The Bertz CT molecular complexity index is 396. The van der Waals surface area contributed by atoms with Gasteiger partial charge in [0.25, 0.3) is 0 Å². The highest BCUT2D eigenvalue weighted by Gasteiger charge is 2.20. The highest BCUT2D eigenvalue weighted by molar-refractivity contribution is 6.27. The van der Waals surface area contributed by atoms with Gasteiger partial charge >= 0.3 is 0 Å². The van der Waals surface area contributed by atoms with Gasteiger partial charge in [-0.05, 0) is 26.0 Å². The molecule has 0 radical (unpaired) electrons. The van der Waals surface area contributed by atoms with Crippen LogP contribution in [0.25, 0.3) is 0 Å². The first-order valence-electron chi connectivity index (χ1n) is 5.18. The molecule has 0 unspecified atom stereocenters. The van der Waals surface area contributed by atoms with Crippen LogP contribution in [0.3, 0.4) is 0 Å². The molecule has 1 rings (SSSR count). The minimum Gasteiger partial charge on any atom is -0.491 e. The van der Waals surface area contributed by atoms with Gasteiger partial charge in [0.15, 0.2) is 0 Å². The molecular weight excluding hydrogens is 245 g/mol. The molecule has 1 amide bonds. The molecule has 0 heterocycles. The van der Waals surface area contributed by atoms with Crippen LogP contribution in [-0.4, -0.2) is 23.9 Å². The Morgan fingerprint density at radius 1 is 1.53 bits per heavy atom. The van der Waals surface area contributed by atoms with Crippen LogP contribution in [-0.2, 0) is 4.79 Å². The first kappa shape index (κ1) is 13.8. The lowest BCUT2D eigenvalue weighted by Crippen LogP contribution is -2.48. The summed E-state index contributed by atoms with van der Waals surface area (Å²) in [5, 5.41) is 2.70. The van der Waals surface area contributed by atoms with Gasteiger partial charge in [-0.2, -0.15) is 0 Å². The number of hydrogen-bond donors (Lipinski definition) is 1. The van der Waals surface area contributed by atoms with E-state index in [1.165, 1.54) is 12.1 Å². The lowest BCUT2D eigenvalue weighted by molar-refractivity contribution is -0.120. The maximum absolute atomic E-state index is 12.9. The molecule has 0 spiro atoms.